The zero-order valence-corrected chi connectivity index (χ0v) is 17.2. The standard InChI is InChI=1S/C20H31N7O/c1-13-5-7-14(8-6-13)25-20(28)15-9-16(21)17(22-2)10-18(15)26(3)11-19-23-12-24-27(19)4/h9-10,12-14,22H,5-8,11,21H2,1-4H3,(H,25,28)/t13-,14-. The zero-order chi connectivity index (χ0) is 20.3. The number of nitrogens with one attached hydrogen (secondary N) is 2. The Bertz CT molecular complexity index is 824. The highest BCUT2D eigenvalue weighted by Crippen LogP contribution is 2.31. The fraction of sp³-hybridized carbons (Fsp3) is 0.550. The zero-order valence-electron chi connectivity index (χ0n) is 17.2. The van der Waals surface area contributed by atoms with Crippen molar-refractivity contribution in [3.05, 3.63) is 29.8 Å². The molecule has 0 saturated heterocycles. The fourth-order valence-corrected chi connectivity index (χ4v) is 3.75. The number of aromatic nitrogens is 3. The van der Waals surface area contributed by atoms with Gasteiger partial charge in [0.25, 0.3) is 5.91 Å². The summed E-state index contributed by atoms with van der Waals surface area (Å²) < 4.78 is 1.73. The first-order chi connectivity index (χ1) is 13.4. The summed E-state index contributed by atoms with van der Waals surface area (Å²) in [5.74, 6) is 1.48. The van der Waals surface area contributed by atoms with Crippen LogP contribution in [0.1, 0.15) is 48.8 Å². The lowest BCUT2D eigenvalue weighted by Crippen LogP contribution is -2.38. The van der Waals surface area contributed by atoms with E-state index in [1.807, 2.05) is 32.1 Å². The molecule has 1 aromatic heterocycles. The first-order valence-electron chi connectivity index (χ1n) is 9.85. The fourth-order valence-electron chi connectivity index (χ4n) is 3.75. The number of aryl methyl sites for hydroxylation is 1. The third-order valence-corrected chi connectivity index (χ3v) is 5.63. The topological polar surface area (TPSA) is 101 Å². The van der Waals surface area contributed by atoms with Crippen LogP contribution in [-0.2, 0) is 13.6 Å². The van der Waals surface area contributed by atoms with Crippen molar-refractivity contribution in [3.63, 3.8) is 0 Å². The summed E-state index contributed by atoms with van der Waals surface area (Å²) in [7, 11) is 5.62. The van der Waals surface area contributed by atoms with E-state index >= 15 is 0 Å². The first kappa shape index (κ1) is 20.0. The van der Waals surface area contributed by atoms with Gasteiger partial charge in [-0.25, -0.2) is 4.98 Å². The van der Waals surface area contributed by atoms with E-state index in [0.717, 1.165) is 48.8 Å². The van der Waals surface area contributed by atoms with Crippen molar-refractivity contribution < 1.29 is 4.79 Å². The van der Waals surface area contributed by atoms with Gasteiger partial charge in [-0.2, -0.15) is 5.10 Å². The van der Waals surface area contributed by atoms with Crippen LogP contribution in [0.15, 0.2) is 18.5 Å². The Morgan fingerprint density at radius 2 is 2.04 bits per heavy atom. The van der Waals surface area contributed by atoms with Crippen LogP contribution in [0.4, 0.5) is 17.1 Å². The van der Waals surface area contributed by atoms with Crippen molar-refractivity contribution >= 4 is 23.0 Å². The second-order valence-electron chi connectivity index (χ2n) is 7.79. The van der Waals surface area contributed by atoms with Crippen molar-refractivity contribution in [2.75, 3.05) is 30.0 Å². The molecule has 1 fully saturated rings. The Hall–Kier alpha value is -2.77. The third kappa shape index (κ3) is 4.37. The van der Waals surface area contributed by atoms with Crippen molar-refractivity contribution in [3.8, 4) is 0 Å². The van der Waals surface area contributed by atoms with E-state index < -0.39 is 0 Å². The second kappa shape index (κ2) is 8.50. The minimum atomic E-state index is -0.0753. The molecule has 1 aromatic carbocycles. The molecule has 0 spiro atoms. The predicted octanol–water partition coefficient (Wildman–Crippen LogP) is 2.38. The summed E-state index contributed by atoms with van der Waals surface area (Å²) in [4.78, 5) is 19.4. The largest absolute Gasteiger partial charge is 0.397 e. The molecule has 8 heteroatoms. The summed E-state index contributed by atoms with van der Waals surface area (Å²) in [6.07, 6.45) is 5.90. The molecule has 8 nitrogen and oxygen atoms in total. The van der Waals surface area contributed by atoms with Gasteiger partial charge in [-0.1, -0.05) is 6.92 Å². The van der Waals surface area contributed by atoms with Gasteiger partial charge in [-0.15, -0.1) is 0 Å². The Labute approximate surface area is 166 Å². The Morgan fingerprint density at radius 1 is 1.32 bits per heavy atom. The lowest BCUT2D eigenvalue weighted by molar-refractivity contribution is 0.0923. The number of nitrogen functional groups attached to an aromatic ring is 1. The number of rotatable bonds is 6. The highest BCUT2D eigenvalue weighted by Gasteiger charge is 2.23. The number of anilines is 3. The molecule has 1 amide bonds. The van der Waals surface area contributed by atoms with Crippen LogP contribution in [0.3, 0.4) is 0 Å². The molecule has 0 unspecified atom stereocenters. The number of amides is 1. The number of carbonyl (C=O) groups excluding carboxylic acids is 1. The van der Waals surface area contributed by atoms with E-state index in [1.165, 1.54) is 6.33 Å². The van der Waals surface area contributed by atoms with Gasteiger partial charge in [0.2, 0.25) is 0 Å². The van der Waals surface area contributed by atoms with Crippen molar-refractivity contribution in [2.24, 2.45) is 13.0 Å². The van der Waals surface area contributed by atoms with Crippen LogP contribution in [-0.4, -0.2) is 40.8 Å². The maximum Gasteiger partial charge on any atom is 0.253 e. The van der Waals surface area contributed by atoms with E-state index in [-0.39, 0.29) is 11.9 Å². The molecule has 28 heavy (non-hydrogen) atoms. The van der Waals surface area contributed by atoms with E-state index in [0.29, 0.717) is 17.8 Å². The Morgan fingerprint density at radius 3 is 2.64 bits per heavy atom. The number of hydrogen-bond donors (Lipinski definition) is 3. The van der Waals surface area contributed by atoms with Crippen molar-refractivity contribution in [1.29, 1.82) is 0 Å². The molecule has 4 N–H and O–H groups in total. The summed E-state index contributed by atoms with van der Waals surface area (Å²) in [6, 6.07) is 3.91. The lowest BCUT2D eigenvalue weighted by atomic mass is 9.87. The van der Waals surface area contributed by atoms with E-state index in [4.69, 9.17) is 5.73 Å². The quantitative estimate of drug-likeness (QED) is 0.660. The van der Waals surface area contributed by atoms with Crippen LogP contribution in [0.25, 0.3) is 0 Å². The summed E-state index contributed by atoms with van der Waals surface area (Å²) in [6.45, 7) is 2.81. The molecule has 152 valence electrons. The van der Waals surface area contributed by atoms with Crippen LogP contribution >= 0.6 is 0 Å². The maximum absolute atomic E-state index is 13.1. The highest BCUT2D eigenvalue weighted by atomic mass is 16.1. The molecule has 3 rings (SSSR count). The molecule has 0 radical (unpaired) electrons. The van der Waals surface area contributed by atoms with E-state index in [1.54, 1.807) is 10.7 Å². The van der Waals surface area contributed by atoms with Crippen LogP contribution in [0.2, 0.25) is 0 Å². The molecule has 1 heterocycles. The minimum absolute atomic E-state index is 0.0753. The minimum Gasteiger partial charge on any atom is -0.397 e. The first-order valence-corrected chi connectivity index (χ1v) is 9.85. The smallest absolute Gasteiger partial charge is 0.253 e. The van der Waals surface area contributed by atoms with Gasteiger partial charge in [0.15, 0.2) is 0 Å². The van der Waals surface area contributed by atoms with Gasteiger partial charge in [0, 0.05) is 27.2 Å². The summed E-state index contributed by atoms with van der Waals surface area (Å²) in [5, 5.41) is 10.4. The number of nitrogens with zero attached hydrogens (tertiary/aromatic N) is 4. The molecular weight excluding hydrogens is 354 g/mol. The Balaban J connectivity index is 1.85. The monoisotopic (exact) mass is 385 g/mol. The van der Waals surface area contributed by atoms with Gasteiger partial charge < -0.3 is 21.3 Å². The molecule has 0 aliphatic heterocycles. The van der Waals surface area contributed by atoms with E-state index in [2.05, 4.69) is 27.6 Å². The number of hydrogen-bond acceptors (Lipinski definition) is 6. The Kier molecular flexibility index (Phi) is 6.06. The second-order valence-corrected chi connectivity index (χ2v) is 7.79. The molecule has 1 saturated carbocycles. The normalized spacial score (nSPS) is 19.3. The highest BCUT2D eigenvalue weighted by molar-refractivity contribution is 6.02. The van der Waals surface area contributed by atoms with Crippen molar-refractivity contribution in [2.45, 2.75) is 45.2 Å². The molecular formula is C20H31N7O. The SMILES string of the molecule is CNc1cc(N(C)Cc2ncnn2C)c(C(=O)N[C@H]2CC[C@H](C)CC2)cc1N. The van der Waals surface area contributed by atoms with Crippen LogP contribution in [0, 0.1) is 5.92 Å². The van der Waals surface area contributed by atoms with Gasteiger partial charge in [-0.3, -0.25) is 9.48 Å². The number of nitrogens with two attached hydrogens (primary N) is 1. The van der Waals surface area contributed by atoms with Crippen LogP contribution in [0.5, 0.6) is 0 Å². The summed E-state index contributed by atoms with van der Waals surface area (Å²) in [5.41, 5.74) is 8.90. The van der Waals surface area contributed by atoms with Gasteiger partial charge >= 0.3 is 0 Å². The number of benzene rings is 1. The third-order valence-electron chi connectivity index (χ3n) is 5.63. The molecule has 1 aliphatic rings. The molecule has 0 atom stereocenters. The van der Waals surface area contributed by atoms with Gasteiger partial charge in [-0.05, 0) is 43.7 Å². The average molecular weight is 386 g/mol. The molecule has 0 bridgehead atoms. The lowest BCUT2D eigenvalue weighted by Gasteiger charge is -2.28. The van der Waals surface area contributed by atoms with Crippen molar-refractivity contribution in [1.82, 2.24) is 20.1 Å². The summed E-state index contributed by atoms with van der Waals surface area (Å²) >= 11 is 0. The maximum atomic E-state index is 13.1. The van der Waals surface area contributed by atoms with Gasteiger partial charge in [0.05, 0.1) is 29.2 Å². The van der Waals surface area contributed by atoms with Gasteiger partial charge in [0.1, 0.15) is 12.2 Å². The molecule has 1 aliphatic carbocycles. The average Bonchev–Trinajstić information content (AvgIpc) is 3.07. The van der Waals surface area contributed by atoms with E-state index in [9.17, 15) is 4.79 Å². The number of carbonyl (C=O) groups is 1. The van der Waals surface area contributed by atoms with Crippen LogP contribution < -0.4 is 21.3 Å². The predicted molar refractivity (Wildman–Crippen MR) is 112 cm³/mol. The molecule has 2 aromatic rings.